The fourth-order valence-electron chi connectivity index (χ4n) is 2.02. The zero-order valence-corrected chi connectivity index (χ0v) is 9.20. The first-order valence-electron chi connectivity index (χ1n) is 5.62. The van der Waals surface area contributed by atoms with Gasteiger partial charge in [-0.05, 0) is 25.3 Å². The normalized spacial score (nSPS) is 26.0. The molecule has 0 saturated carbocycles. The minimum Gasteiger partial charge on any atom is -0.480 e. The molecule has 2 atom stereocenters. The Labute approximate surface area is 86.1 Å². The van der Waals surface area contributed by atoms with E-state index in [1.54, 1.807) is 0 Å². The van der Waals surface area contributed by atoms with Crippen LogP contribution in [0.1, 0.15) is 39.5 Å². The van der Waals surface area contributed by atoms with Crippen molar-refractivity contribution in [2.24, 2.45) is 5.92 Å². The minimum absolute atomic E-state index is 0.224. The van der Waals surface area contributed by atoms with E-state index in [0.717, 1.165) is 38.8 Å². The molecule has 0 bridgehead atoms. The first-order valence-corrected chi connectivity index (χ1v) is 5.62. The van der Waals surface area contributed by atoms with Gasteiger partial charge in [0.2, 0.25) is 0 Å². The molecule has 1 rings (SSSR count). The Bertz CT molecular complexity index is 194. The van der Waals surface area contributed by atoms with E-state index in [4.69, 9.17) is 5.11 Å². The number of nitrogens with zero attached hydrogens (tertiary/aromatic N) is 1. The Morgan fingerprint density at radius 1 is 1.57 bits per heavy atom. The summed E-state index contributed by atoms with van der Waals surface area (Å²) < 4.78 is 0. The summed E-state index contributed by atoms with van der Waals surface area (Å²) >= 11 is 0. The van der Waals surface area contributed by atoms with Crippen LogP contribution >= 0.6 is 0 Å². The van der Waals surface area contributed by atoms with Crippen molar-refractivity contribution >= 4 is 5.97 Å². The highest BCUT2D eigenvalue weighted by Crippen LogP contribution is 2.19. The second-order valence-corrected chi connectivity index (χ2v) is 4.36. The number of hydrogen-bond donors (Lipinski definition) is 1. The highest BCUT2D eigenvalue weighted by molar-refractivity contribution is 5.73. The summed E-state index contributed by atoms with van der Waals surface area (Å²) in [6.45, 7) is 6.24. The summed E-state index contributed by atoms with van der Waals surface area (Å²) in [5.41, 5.74) is 0. The highest BCUT2D eigenvalue weighted by Gasteiger charge is 2.28. The second kappa shape index (κ2) is 5.35. The first kappa shape index (κ1) is 11.5. The molecule has 14 heavy (non-hydrogen) atoms. The Hall–Kier alpha value is -0.570. The van der Waals surface area contributed by atoms with Crippen LogP contribution in [0.25, 0.3) is 0 Å². The molecule has 0 radical (unpaired) electrons. The molecule has 82 valence electrons. The smallest absolute Gasteiger partial charge is 0.320 e. The fourth-order valence-corrected chi connectivity index (χ4v) is 2.02. The Morgan fingerprint density at radius 2 is 2.29 bits per heavy atom. The summed E-state index contributed by atoms with van der Waals surface area (Å²) in [5.74, 6) is -0.0389. The zero-order valence-electron chi connectivity index (χ0n) is 9.20. The predicted molar refractivity (Wildman–Crippen MR) is 56.3 cm³/mol. The summed E-state index contributed by atoms with van der Waals surface area (Å²) in [6.07, 6.45) is 4.17. The van der Waals surface area contributed by atoms with E-state index in [2.05, 4.69) is 18.7 Å². The molecule has 3 nitrogen and oxygen atoms in total. The molecule has 3 heteroatoms. The number of rotatable bonds is 4. The number of aliphatic carboxylic acids is 1. The summed E-state index contributed by atoms with van der Waals surface area (Å²) in [6, 6.07) is -0.224. The molecule has 0 amide bonds. The lowest BCUT2D eigenvalue weighted by Gasteiger charge is -2.34. The van der Waals surface area contributed by atoms with Gasteiger partial charge in [-0.3, -0.25) is 9.69 Å². The summed E-state index contributed by atoms with van der Waals surface area (Å²) in [7, 11) is 0. The van der Waals surface area contributed by atoms with Crippen molar-refractivity contribution in [1.29, 1.82) is 0 Å². The van der Waals surface area contributed by atoms with Gasteiger partial charge in [0.15, 0.2) is 0 Å². The molecule has 1 fully saturated rings. The highest BCUT2D eigenvalue weighted by atomic mass is 16.4. The van der Waals surface area contributed by atoms with E-state index in [-0.39, 0.29) is 6.04 Å². The molecule has 0 aliphatic carbocycles. The SMILES string of the molecule is CCC(C)CN1CCCCC1C(=O)O. The average molecular weight is 199 g/mol. The van der Waals surface area contributed by atoms with Gasteiger partial charge in [0.1, 0.15) is 6.04 Å². The molecule has 0 spiro atoms. The average Bonchev–Trinajstić information content (AvgIpc) is 2.18. The molecule has 1 N–H and O–H groups in total. The van der Waals surface area contributed by atoms with Crippen molar-refractivity contribution in [1.82, 2.24) is 4.90 Å². The number of carbonyl (C=O) groups is 1. The van der Waals surface area contributed by atoms with Gasteiger partial charge < -0.3 is 5.11 Å². The Kier molecular flexibility index (Phi) is 4.39. The lowest BCUT2D eigenvalue weighted by molar-refractivity contribution is -0.144. The molecular formula is C11H21NO2. The van der Waals surface area contributed by atoms with Gasteiger partial charge in [-0.1, -0.05) is 26.7 Å². The van der Waals surface area contributed by atoms with E-state index in [1.807, 2.05) is 0 Å². The van der Waals surface area contributed by atoms with Crippen LogP contribution < -0.4 is 0 Å². The molecule has 0 aromatic rings. The molecule has 1 aliphatic heterocycles. The van der Waals surface area contributed by atoms with Crippen LogP contribution in [-0.2, 0) is 4.79 Å². The van der Waals surface area contributed by atoms with Crippen LogP contribution in [0.3, 0.4) is 0 Å². The molecule has 0 aromatic carbocycles. The number of carboxylic acid groups (broad SMARTS) is 1. The standard InChI is InChI=1S/C11H21NO2/c1-3-9(2)8-12-7-5-4-6-10(12)11(13)14/h9-10H,3-8H2,1-2H3,(H,13,14). The van der Waals surface area contributed by atoms with Crippen LogP contribution in [0.4, 0.5) is 0 Å². The lowest BCUT2D eigenvalue weighted by atomic mass is 9.99. The number of carboxylic acids is 1. The Balaban J connectivity index is 2.49. The third-order valence-corrected chi connectivity index (χ3v) is 3.14. The van der Waals surface area contributed by atoms with Crippen molar-refractivity contribution < 1.29 is 9.90 Å². The van der Waals surface area contributed by atoms with E-state index in [1.165, 1.54) is 0 Å². The van der Waals surface area contributed by atoms with Gasteiger partial charge in [-0.2, -0.15) is 0 Å². The van der Waals surface area contributed by atoms with Crippen molar-refractivity contribution in [2.45, 2.75) is 45.6 Å². The van der Waals surface area contributed by atoms with E-state index in [9.17, 15) is 4.79 Å². The maximum absolute atomic E-state index is 11.0. The number of hydrogen-bond acceptors (Lipinski definition) is 2. The van der Waals surface area contributed by atoms with Gasteiger partial charge in [-0.15, -0.1) is 0 Å². The zero-order chi connectivity index (χ0) is 10.6. The predicted octanol–water partition coefficient (Wildman–Crippen LogP) is 1.97. The van der Waals surface area contributed by atoms with Crippen molar-refractivity contribution in [3.05, 3.63) is 0 Å². The van der Waals surface area contributed by atoms with Gasteiger partial charge >= 0.3 is 5.97 Å². The van der Waals surface area contributed by atoms with Gasteiger partial charge in [0.25, 0.3) is 0 Å². The molecule has 1 aliphatic rings. The maximum atomic E-state index is 11.0. The second-order valence-electron chi connectivity index (χ2n) is 4.36. The molecule has 2 unspecified atom stereocenters. The summed E-state index contributed by atoms with van der Waals surface area (Å²) in [5, 5.41) is 9.05. The van der Waals surface area contributed by atoms with Gasteiger partial charge in [0.05, 0.1) is 0 Å². The molecule has 1 saturated heterocycles. The van der Waals surface area contributed by atoms with E-state index in [0.29, 0.717) is 5.92 Å². The van der Waals surface area contributed by atoms with Crippen LogP contribution in [0, 0.1) is 5.92 Å². The van der Waals surface area contributed by atoms with Crippen LogP contribution in [0.5, 0.6) is 0 Å². The van der Waals surface area contributed by atoms with Gasteiger partial charge in [0, 0.05) is 6.54 Å². The van der Waals surface area contributed by atoms with Crippen LogP contribution in [0.15, 0.2) is 0 Å². The van der Waals surface area contributed by atoms with Crippen molar-refractivity contribution in [3.63, 3.8) is 0 Å². The Morgan fingerprint density at radius 3 is 2.86 bits per heavy atom. The maximum Gasteiger partial charge on any atom is 0.320 e. The minimum atomic E-state index is -0.645. The van der Waals surface area contributed by atoms with Crippen molar-refractivity contribution in [3.8, 4) is 0 Å². The first-order chi connectivity index (χ1) is 6.65. The monoisotopic (exact) mass is 199 g/mol. The van der Waals surface area contributed by atoms with E-state index >= 15 is 0 Å². The van der Waals surface area contributed by atoms with Crippen LogP contribution in [0.2, 0.25) is 0 Å². The van der Waals surface area contributed by atoms with Crippen molar-refractivity contribution in [2.75, 3.05) is 13.1 Å². The quantitative estimate of drug-likeness (QED) is 0.752. The van der Waals surface area contributed by atoms with Crippen LogP contribution in [-0.4, -0.2) is 35.1 Å². The fraction of sp³-hybridized carbons (Fsp3) is 0.909. The third-order valence-electron chi connectivity index (χ3n) is 3.14. The van der Waals surface area contributed by atoms with E-state index < -0.39 is 5.97 Å². The molecule has 0 aromatic heterocycles. The number of likely N-dealkylation sites (tertiary alicyclic amines) is 1. The molecular weight excluding hydrogens is 178 g/mol. The lowest BCUT2D eigenvalue weighted by Crippen LogP contribution is -2.46. The summed E-state index contributed by atoms with van der Waals surface area (Å²) in [4.78, 5) is 13.1. The topological polar surface area (TPSA) is 40.5 Å². The molecule has 1 heterocycles. The largest absolute Gasteiger partial charge is 0.480 e. The van der Waals surface area contributed by atoms with Gasteiger partial charge in [-0.25, -0.2) is 0 Å². The number of piperidine rings is 1. The third kappa shape index (κ3) is 2.98.